The average molecular weight is 194 g/mol. The van der Waals surface area contributed by atoms with E-state index < -0.39 is 0 Å². The van der Waals surface area contributed by atoms with Crippen LogP contribution < -0.4 is 5.73 Å². The SMILES string of the molecule is CSc1c(N)c[nH]c1-c1ccco1. The van der Waals surface area contributed by atoms with Crippen LogP contribution in [-0.2, 0) is 0 Å². The van der Waals surface area contributed by atoms with Crippen molar-refractivity contribution in [1.82, 2.24) is 4.98 Å². The predicted molar refractivity (Wildman–Crippen MR) is 54.7 cm³/mol. The minimum Gasteiger partial charge on any atom is -0.463 e. The lowest BCUT2D eigenvalue weighted by Crippen LogP contribution is -1.82. The van der Waals surface area contributed by atoms with E-state index in [1.54, 1.807) is 24.2 Å². The van der Waals surface area contributed by atoms with Crippen molar-refractivity contribution in [2.75, 3.05) is 12.0 Å². The van der Waals surface area contributed by atoms with Crippen molar-refractivity contribution in [3.8, 4) is 11.5 Å². The highest BCUT2D eigenvalue weighted by Crippen LogP contribution is 2.33. The molecule has 2 heterocycles. The first-order valence-electron chi connectivity index (χ1n) is 3.87. The van der Waals surface area contributed by atoms with Crippen LogP contribution in [-0.4, -0.2) is 11.2 Å². The van der Waals surface area contributed by atoms with Gasteiger partial charge in [0.15, 0.2) is 5.76 Å². The van der Waals surface area contributed by atoms with E-state index in [-0.39, 0.29) is 0 Å². The highest BCUT2D eigenvalue weighted by atomic mass is 32.2. The minimum absolute atomic E-state index is 0.763. The van der Waals surface area contributed by atoms with Crippen LogP contribution in [0.3, 0.4) is 0 Å². The summed E-state index contributed by atoms with van der Waals surface area (Å²) in [5, 5.41) is 0. The van der Waals surface area contributed by atoms with Crippen LogP contribution in [0.2, 0.25) is 0 Å². The molecule has 0 saturated carbocycles. The zero-order chi connectivity index (χ0) is 9.26. The molecule has 0 aliphatic carbocycles. The zero-order valence-corrected chi connectivity index (χ0v) is 8.02. The van der Waals surface area contributed by atoms with Crippen LogP contribution in [0.5, 0.6) is 0 Å². The molecule has 2 aromatic rings. The van der Waals surface area contributed by atoms with Gasteiger partial charge in [-0.2, -0.15) is 0 Å². The second-order valence-electron chi connectivity index (χ2n) is 2.63. The van der Waals surface area contributed by atoms with Crippen molar-refractivity contribution >= 4 is 17.4 Å². The number of nitrogen functional groups attached to an aromatic ring is 1. The maximum absolute atomic E-state index is 5.76. The molecule has 0 aliphatic heterocycles. The topological polar surface area (TPSA) is 55.0 Å². The van der Waals surface area contributed by atoms with Crippen LogP contribution in [0.25, 0.3) is 11.5 Å². The Morgan fingerprint density at radius 1 is 1.54 bits per heavy atom. The molecule has 2 rings (SSSR count). The van der Waals surface area contributed by atoms with Gasteiger partial charge in [-0.25, -0.2) is 0 Å². The van der Waals surface area contributed by atoms with E-state index in [2.05, 4.69) is 4.98 Å². The Morgan fingerprint density at radius 2 is 2.38 bits per heavy atom. The number of nitrogens with two attached hydrogens (primary N) is 1. The molecule has 0 unspecified atom stereocenters. The molecule has 0 bridgehead atoms. The number of thioether (sulfide) groups is 1. The maximum Gasteiger partial charge on any atom is 0.151 e. The molecular formula is C9H10N2OS. The van der Waals surface area contributed by atoms with Gasteiger partial charge in [0, 0.05) is 6.20 Å². The van der Waals surface area contributed by atoms with Gasteiger partial charge in [0.05, 0.1) is 22.5 Å². The van der Waals surface area contributed by atoms with E-state index in [1.807, 2.05) is 18.4 Å². The second kappa shape index (κ2) is 3.22. The third-order valence-electron chi connectivity index (χ3n) is 1.83. The Morgan fingerprint density at radius 3 is 3.00 bits per heavy atom. The lowest BCUT2D eigenvalue weighted by atomic mass is 10.3. The van der Waals surface area contributed by atoms with E-state index >= 15 is 0 Å². The Kier molecular flexibility index (Phi) is 2.06. The largest absolute Gasteiger partial charge is 0.463 e. The van der Waals surface area contributed by atoms with Crippen LogP contribution in [0.15, 0.2) is 33.9 Å². The third kappa shape index (κ3) is 1.33. The fourth-order valence-corrected chi connectivity index (χ4v) is 1.91. The normalized spacial score (nSPS) is 10.5. The van der Waals surface area contributed by atoms with Gasteiger partial charge in [0.2, 0.25) is 0 Å². The van der Waals surface area contributed by atoms with Crippen molar-refractivity contribution in [2.45, 2.75) is 4.90 Å². The Balaban J connectivity index is 2.52. The summed E-state index contributed by atoms with van der Waals surface area (Å²) < 4.78 is 5.28. The van der Waals surface area contributed by atoms with Crippen molar-refractivity contribution in [1.29, 1.82) is 0 Å². The fraction of sp³-hybridized carbons (Fsp3) is 0.111. The Labute approximate surface area is 80.3 Å². The highest BCUT2D eigenvalue weighted by Gasteiger charge is 2.11. The summed E-state index contributed by atoms with van der Waals surface area (Å²) in [6, 6.07) is 3.77. The summed E-state index contributed by atoms with van der Waals surface area (Å²) in [6.45, 7) is 0. The van der Waals surface area contributed by atoms with E-state index in [0.717, 1.165) is 22.0 Å². The van der Waals surface area contributed by atoms with Crippen molar-refractivity contribution < 1.29 is 4.42 Å². The molecule has 0 fully saturated rings. The first-order chi connectivity index (χ1) is 6.33. The highest BCUT2D eigenvalue weighted by molar-refractivity contribution is 7.98. The number of aromatic nitrogens is 1. The van der Waals surface area contributed by atoms with Crippen LogP contribution >= 0.6 is 11.8 Å². The van der Waals surface area contributed by atoms with Gasteiger partial charge >= 0.3 is 0 Å². The van der Waals surface area contributed by atoms with Gasteiger partial charge in [0.25, 0.3) is 0 Å². The second-order valence-corrected chi connectivity index (χ2v) is 3.45. The lowest BCUT2D eigenvalue weighted by Gasteiger charge is -1.97. The third-order valence-corrected chi connectivity index (χ3v) is 2.68. The van der Waals surface area contributed by atoms with E-state index in [9.17, 15) is 0 Å². The Hall–Kier alpha value is -1.29. The van der Waals surface area contributed by atoms with Crippen LogP contribution in [0.4, 0.5) is 5.69 Å². The predicted octanol–water partition coefficient (Wildman–Crippen LogP) is 2.58. The molecule has 0 spiro atoms. The molecule has 0 amide bonds. The smallest absolute Gasteiger partial charge is 0.151 e. The van der Waals surface area contributed by atoms with Gasteiger partial charge < -0.3 is 15.1 Å². The maximum atomic E-state index is 5.76. The van der Waals surface area contributed by atoms with Crippen molar-refractivity contribution in [3.05, 3.63) is 24.6 Å². The quantitative estimate of drug-likeness (QED) is 0.722. The number of hydrogen-bond acceptors (Lipinski definition) is 3. The number of anilines is 1. The van der Waals surface area contributed by atoms with Crippen molar-refractivity contribution in [3.63, 3.8) is 0 Å². The molecular weight excluding hydrogens is 184 g/mol. The fourth-order valence-electron chi connectivity index (χ4n) is 1.25. The van der Waals surface area contributed by atoms with E-state index in [0.29, 0.717) is 0 Å². The summed E-state index contributed by atoms with van der Waals surface area (Å²) in [6.07, 6.45) is 5.42. The minimum atomic E-state index is 0.763. The summed E-state index contributed by atoms with van der Waals surface area (Å²) in [4.78, 5) is 4.12. The van der Waals surface area contributed by atoms with Crippen LogP contribution in [0, 0.1) is 0 Å². The summed E-state index contributed by atoms with van der Waals surface area (Å²) in [5.41, 5.74) is 7.48. The van der Waals surface area contributed by atoms with Crippen molar-refractivity contribution in [2.24, 2.45) is 0 Å². The molecule has 0 saturated heterocycles. The molecule has 13 heavy (non-hydrogen) atoms. The zero-order valence-electron chi connectivity index (χ0n) is 7.20. The molecule has 68 valence electrons. The number of furan rings is 1. The van der Waals surface area contributed by atoms with E-state index in [4.69, 9.17) is 10.2 Å². The number of aromatic amines is 1. The van der Waals surface area contributed by atoms with Gasteiger partial charge in [0.1, 0.15) is 0 Å². The number of hydrogen-bond donors (Lipinski definition) is 2. The molecule has 3 N–H and O–H groups in total. The molecule has 3 nitrogen and oxygen atoms in total. The number of rotatable bonds is 2. The van der Waals surface area contributed by atoms with E-state index in [1.165, 1.54) is 0 Å². The number of nitrogens with one attached hydrogen (secondary N) is 1. The standard InChI is InChI=1S/C9H10N2OS/c1-13-9-6(10)5-11-8(9)7-3-2-4-12-7/h2-5,11H,10H2,1H3. The molecule has 0 atom stereocenters. The van der Waals surface area contributed by atoms with Gasteiger partial charge in [-0.1, -0.05) is 0 Å². The molecule has 2 aromatic heterocycles. The van der Waals surface area contributed by atoms with Gasteiger partial charge in [-0.15, -0.1) is 11.8 Å². The van der Waals surface area contributed by atoms with Crippen LogP contribution in [0.1, 0.15) is 0 Å². The summed E-state index contributed by atoms with van der Waals surface area (Å²) >= 11 is 1.61. The summed E-state index contributed by atoms with van der Waals surface area (Å²) in [5.74, 6) is 0.820. The summed E-state index contributed by atoms with van der Waals surface area (Å²) in [7, 11) is 0. The molecule has 4 heteroatoms. The average Bonchev–Trinajstić information content (AvgIpc) is 2.71. The first kappa shape index (κ1) is 8.31. The molecule has 0 radical (unpaired) electrons. The molecule has 0 aromatic carbocycles. The molecule has 0 aliphatic rings. The monoisotopic (exact) mass is 194 g/mol. The Bertz CT molecular complexity index is 392. The van der Waals surface area contributed by atoms with Gasteiger partial charge in [-0.3, -0.25) is 0 Å². The lowest BCUT2D eigenvalue weighted by molar-refractivity contribution is 0.579. The van der Waals surface area contributed by atoms with Gasteiger partial charge in [-0.05, 0) is 18.4 Å². The number of H-pyrrole nitrogens is 1. The first-order valence-corrected chi connectivity index (χ1v) is 5.10.